The van der Waals surface area contributed by atoms with E-state index in [1.807, 2.05) is 0 Å². The van der Waals surface area contributed by atoms with Crippen LogP contribution >= 0.6 is 28.3 Å². The van der Waals surface area contributed by atoms with Gasteiger partial charge in [-0.2, -0.15) is 0 Å². The first-order valence-electron chi connectivity index (χ1n) is 5.65. The van der Waals surface area contributed by atoms with Crippen molar-refractivity contribution in [3.8, 4) is 0 Å². The second-order valence-corrected chi connectivity index (χ2v) is 12.6. The smallest absolute Gasteiger partial charge is 0.191 e. The zero-order valence-corrected chi connectivity index (χ0v) is 11.6. The summed E-state index contributed by atoms with van der Waals surface area (Å²) in [7, 11) is 0. The molecule has 0 aromatic carbocycles. The summed E-state index contributed by atoms with van der Waals surface area (Å²) < 4.78 is 12.2. The van der Waals surface area contributed by atoms with Gasteiger partial charge in [-0.05, 0) is 12.8 Å². The van der Waals surface area contributed by atoms with E-state index in [0.29, 0.717) is 0 Å². The molecule has 14 heavy (non-hydrogen) atoms. The Kier molecular flexibility index (Phi) is 6.73. The topological polar surface area (TPSA) is 17.1 Å². The van der Waals surface area contributed by atoms with Gasteiger partial charge in [0, 0.05) is 17.7 Å². The molecule has 1 aliphatic rings. The molecule has 0 aliphatic carbocycles. The predicted octanol–water partition coefficient (Wildman–Crippen LogP) is 5.02. The van der Waals surface area contributed by atoms with Gasteiger partial charge >= 0.3 is 0 Å². The largest absolute Gasteiger partial charge is 0.300 e. The third-order valence-electron chi connectivity index (χ3n) is 2.40. The van der Waals surface area contributed by atoms with Crippen molar-refractivity contribution >= 4 is 28.3 Å². The van der Waals surface area contributed by atoms with Gasteiger partial charge in [-0.1, -0.05) is 55.4 Å². The van der Waals surface area contributed by atoms with E-state index in [0.717, 1.165) is 17.7 Å². The van der Waals surface area contributed by atoms with Crippen LogP contribution in [0.2, 0.25) is 0 Å². The van der Waals surface area contributed by atoms with Crippen LogP contribution in [0.25, 0.3) is 0 Å². The van der Waals surface area contributed by atoms with E-state index < -0.39 is 5.55 Å². The average molecular weight is 252 g/mol. The Labute approximate surface area is 96.1 Å². The highest BCUT2D eigenvalue weighted by atomic mass is 33.1. The van der Waals surface area contributed by atoms with E-state index >= 15 is 0 Å². The van der Waals surface area contributed by atoms with Crippen molar-refractivity contribution in [2.24, 2.45) is 0 Å². The molecule has 84 valence electrons. The van der Waals surface area contributed by atoms with Crippen LogP contribution < -0.4 is 0 Å². The summed E-state index contributed by atoms with van der Waals surface area (Å²) in [4.78, 5) is 0. The first kappa shape index (κ1) is 13.0. The summed E-state index contributed by atoms with van der Waals surface area (Å²) in [5.74, 6) is 2.25. The third kappa shape index (κ3) is 5.14. The van der Waals surface area contributed by atoms with Gasteiger partial charge in [0.25, 0.3) is 0 Å². The first-order valence-corrected chi connectivity index (χ1v) is 10.7. The molecule has 1 fully saturated rings. The van der Waals surface area contributed by atoms with Crippen LogP contribution in [0.5, 0.6) is 0 Å². The molecule has 0 aromatic rings. The zero-order chi connectivity index (χ0) is 10.3. The highest BCUT2D eigenvalue weighted by Crippen LogP contribution is 2.71. The molecule has 0 amide bonds. The fraction of sp³-hybridized carbons (Fsp3) is 1.00. The number of unbranched alkanes of at least 4 members (excludes halogenated alkanes) is 4. The first-order chi connectivity index (χ1) is 6.77. The highest BCUT2D eigenvalue weighted by molar-refractivity contribution is 8.90. The molecule has 1 nitrogen and oxygen atoms in total. The van der Waals surface area contributed by atoms with Crippen LogP contribution in [0.3, 0.4) is 0 Å². The Bertz CT molecular complexity index is 187. The van der Waals surface area contributed by atoms with Gasteiger partial charge in [0.1, 0.15) is 0 Å². The van der Waals surface area contributed by atoms with E-state index in [1.54, 1.807) is 22.8 Å². The lowest BCUT2D eigenvalue weighted by Gasteiger charge is -2.20. The van der Waals surface area contributed by atoms with Crippen LogP contribution in [-0.4, -0.2) is 17.7 Å². The van der Waals surface area contributed by atoms with Crippen molar-refractivity contribution in [2.45, 2.75) is 45.4 Å². The zero-order valence-electron chi connectivity index (χ0n) is 9.04. The van der Waals surface area contributed by atoms with Crippen molar-refractivity contribution < 1.29 is 4.57 Å². The van der Waals surface area contributed by atoms with E-state index in [-0.39, 0.29) is 0 Å². The highest BCUT2D eigenvalue weighted by Gasteiger charge is 2.25. The van der Waals surface area contributed by atoms with E-state index in [1.165, 1.54) is 38.5 Å². The predicted molar refractivity (Wildman–Crippen MR) is 70.8 cm³/mol. The molecule has 0 bridgehead atoms. The normalized spacial score (nSPS) is 20.9. The summed E-state index contributed by atoms with van der Waals surface area (Å²) in [5.41, 5.74) is -1.83. The maximum Gasteiger partial charge on any atom is 0.191 e. The molecule has 1 aliphatic heterocycles. The van der Waals surface area contributed by atoms with Gasteiger partial charge in [0.2, 0.25) is 0 Å². The second kappa shape index (κ2) is 7.24. The van der Waals surface area contributed by atoms with Crippen molar-refractivity contribution in [3.05, 3.63) is 0 Å². The fourth-order valence-corrected chi connectivity index (χ4v) is 10.0. The molecule has 0 unspecified atom stereocenters. The summed E-state index contributed by atoms with van der Waals surface area (Å²) >= 11 is 3.50. The van der Waals surface area contributed by atoms with Crippen LogP contribution in [-0.2, 0) is 4.57 Å². The minimum Gasteiger partial charge on any atom is -0.300 e. The molecule has 0 aromatic heterocycles. The molecule has 0 spiro atoms. The maximum absolute atomic E-state index is 12.2. The van der Waals surface area contributed by atoms with Crippen molar-refractivity contribution in [1.82, 2.24) is 0 Å². The molecule has 1 saturated heterocycles. The van der Waals surface area contributed by atoms with E-state index in [2.05, 4.69) is 6.92 Å². The van der Waals surface area contributed by atoms with Crippen LogP contribution in [0.4, 0.5) is 0 Å². The number of hydrogen-bond acceptors (Lipinski definition) is 3. The molecule has 1 rings (SSSR count). The maximum atomic E-state index is 12.2. The minimum absolute atomic E-state index is 0.978. The van der Waals surface area contributed by atoms with Gasteiger partial charge < -0.3 is 4.57 Å². The lowest BCUT2D eigenvalue weighted by molar-refractivity contribution is 0.588. The van der Waals surface area contributed by atoms with Crippen molar-refractivity contribution in [3.63, 3.8) is 0 Å². The van der Waals surface area contributed by atoms with E-state index in [9.17, 15) is 4.57 Å². The SMILES string of the molecule is CCCCCCCP1(=O)SCCCS1. The Balaban J connectivity index is 2.07. The molecule has 1 heterocycles. The molecular formula is C10H21OPS2. The summed E-state index contributed by atoms with van der Waals surface area (Å²) in [5, 5.41) is 0. The summed E-state index contributed by atoms with van der Waals surface area (Å²) in [6.45, 7) is 2.23. The van der Waals surface area contributed by atoms with Crippen molar-refractivity contribution in [2.75, 3.05) is 17.7 Å². The Hall–Kier alpha value is 0.930. The van der Waals surface area contributed by atoms with Crippen LogP contribution in [0.1, 0.15) is 45.4 Å². The number of rotatable bonds is 6. The molecule has 0 atom stereocenters. The quantitative estimate of drug-likeness (QED) is 0.488. The molecule has 0 radical (unpaired) electrons. The molecular weight excluding hydrogens is 231 g/mol. The van der Waals surface area contributed by atoms with Crippen LogP contribution in [0, 0.1) is 0 Å². The lowest BCUT2D eigenvalue weighted by Crippen LogP contribution is -1.94. The average Bonchev–Trinajstić information content (AvgIpc) is 2.18. The minimum atomic E-state index is -1.83. The lowest BCUT2D eigenvalue weighted by atomic mass is 10.2. The Morgan fingerprint density at radius 1 is 1.07 bits per heavy atom. The second-order valence-electron chi connectivity index (χ2n) is 3.77. The van der Waals surface area contributed by atoms with Gasteiger partial charge in [-0.15, -0.1) is 0 Å². The van der Waals surface area contributed by atoms with Gasteiger partial charge in [0.05, 0.1) is 0 Å². The van der Waals surface area contributed by atoms with Gasteiger partial charge in [0.15, 0.2) is 5.55 Å². The monoisotopic (exact) mass is 252 g/mol. The standard InChI is InChI=1S/C10H21OPS2/c1-2-3-4-5-6-8-12(11)13-9-7-10-14-12/h2-10H2,1H3. The summed E-state index contributed by atoms with van der Waals surface area (Å²) in [6.07, 6.45) is 8.63. The van der Waals surface area contributed by atoms with Crippen LogP contribution in [0.15, 0.2) is 0 Å². The molecule has 0 N–H and O–H groups in total. The van der Waals surface area contributed by atoms with E-state index in [4.69, 9.17) is 0 Å². The number of hydrogen-bond donors (Lipinski definition) is 0. The third-order valence-corrected chi connectivity index (χ3v) is 11.4. The van der Waals surface area contributed by atoms with Gasteiger partial charge in [-0.3, -0.25) is 0 Å². The summed E-state index contributed by atoms with van der Waals surface area (Å²) in [6, 6.07) is 0. The Morgan fingerprint density at radius 2 is 1.71 bits per heavy atom. The Morgan fingerprint density at radius 3 is 2.36 bits per heavy atom. The van der Waals surface area contributed by atoms with Gasteiger partial charge in [-0.25, -0.2) is 0 Å². The fourth-order valence-electron chi connectivity index (χ4n) is 1.54. The molecule has 4 heteroatoms. The van der Waals surface area contributed by atoms with Crippen molar-refractivity contribution in [1.29, 1.82) is 0 Å². The molecule has 0 saturated carbocycles.